The Balaban J connectivity index is 1.79. The van der Waals surface area contributed by atoms with Gasteiger partial charge < -0.3 is 24.3 Å². The molecule has 1 N–H and O–H groups in total. The number of rotatable bonds is 10. The van der Waals surface area contributed by atoms with Crippen molar-refractivity contribution >= 4 is 21.8 Å². The highest BCUT2D eigenvalue weighted by atomic mass is 79.9. The van der Waals surface area contributed by atoms with Crippen LogP contribution in [-0.4, -0.2) is 39.4 Å². The molecule has 7 nitrogen and oxygen atoms in total. The molecule has 0 aromatic heterocycles. The molecular formula is C20H21BrN2O5. The molecule has 0 bridgehead atoms. The van der Waals surface area contributed by atoms with Crippen molar-refractivity contribution in [3.8, 4) is 29.1 Å². The van der Waals surface area contributed by atoms with E-state index in [0.717, 1.165) is 5.75 Å². The van der Waals surface area contributed by atoms with Crippen molar-refractivity contribution in [1.82, 2.24) is 5.32 Å². The van der Waals surface area contributed by atoms with Gasteiger partial charge in [0.25, 0.3) is 5.91 Å². The van der Waals surface area contributed by atoms with E-state index in [0.29, 0.717) is 47.0 Å². The van der Waals surface area contributed by atoms with Gasteiger partial charge in [-0.05, 0) is 53.2 Å². The minimum Gasteiger partial charge on any atom is -0.497 e. The minimum atomic E-state index is -0.294. The lowest BCUT2D eigenvalue weighted by Gasteiger charge is -2.14. The third-order valence-corrected chi connectivity index (χ3v) is 4.13. The quantitative estimate of drug-likeness (QED) is 0.560. The Labute approximate surface area is 172 Å². The zero-order valence-corrected chi connectivity index (χ0v) is 17.2. The fourth-order valence-electron chi connectivity index (χ4n) is 2.26. The van der Waals surface area contributed by atoms with Crippen LogP contribution in [0.4, 0.5) is 0 Å². The number of carbonyl (C=O) groups is 1. The summed E-state index contributed by atoms with van der Waals surface area (Å²) in [5, 5.41) is 11.8. The summed E-state index contributed by atoms with van der Waals surface area (Å²) >= 11 is 3.34. The summed E-state index contributed by atoms with van der Waals surface area (Å²) in [5.41, 5.74) is 0.433. The molecule has 0 heterocycles. The molecule has 0 atom stereocenters. The van der Waals surface area contributed by atoms with Crippen LogP contribution in [0.1, 0.15) is 12.5 Å². The van der Waals surface area contributed by atoms with Crippen molar-refractivity contribution < 1.29 is 23.7 Å². The first-order chi connectivity index (χ1) is 13.6. The SMILES string of the molecule is CCOc1cc(C#N)cc(Br)c1OCC(=O)NCCOc1ccc(OC)cc1. The Bertz CT molecular complexity index is 834. The average Bonchev–Trinajstić information content (AvgIpc) is 2.71. The smallest absolute Gasteiger partial charge is 0.258 e. The lowest BCUT2D eigenvalue weighted by atomic mass is 10.2. The predicted molar refractivity (Wildman–Crippen MR) is 107 cm³/mol. The number of nitrogens with zero attached hydrogens (tertiary/aromatic N) is 1. The third kappa shape index (κ3) is 6.35. The van der Waals surface area contributed by atoms with Crippen LogP contribution in [-0.2, 0) is 4.79 Å². The van der Waals surface area contributed by atoms with Crippen molar-refractivity contribution in [3.05, 3.63) is 46.4 Å². The standard InChI is InChI=1S/C20H21BrN2O5/c1-3-26-18-11-14(12-22)10-17(21)20(18)28-13-19(24)23-8-9-27-16-6-4-15(25-2)5-7-16/h4-7,10-11H,3,8-9,13H2,1-2H3,(H,23,24). The zero-order chi connectivity index (χ0) is 20.4. The monoisotopic (exact) mass is 448 g/mol. The molecule has 0 radical (unpaired) electrons. The molecule has 0 aliphatic rings. The van der Waals surface area contributed by atoms with Gasteiger partial charge in [0.1, 0.15) is 18.1 Å². The van der Waals surface area contributed by atoms with Gasteiger partial charge in [0.2, 0.25) is 0 Å². The Morgan fingerprint density at radius 2 is 1.86 bits per heavy atom. The molecule has 2 aromatic carbocycles. The summed E-state index contributed by atoms with van der Waals surface area (Å²) in [6.07, 6.45) is 0. The van der Waals surface area contributed by atoms with Gasteiger partial charge in [-0.1, -0.05) is 0 Å². The number of hydrogen-bond acceptors (Lipinski definition) is 6. The number of benzene rings is 2. The maximum atomic E-state index is 12.0. The number of nitrogens with one attached hydrogen (secondary N) is 1. The van der Waals surface area contributed by atoms with Crippen molar-refractivity contribution in [2.24, 2.45) is 0 Å². The lowest BCUT2D eigenvalue weighted by Crippen LogP contribution is -2.32. The molecule has 0 aliphatic heterocycles. The summed E-state index contributed by atoms with van der Waals surface area (Å²) in [5.74, 6) is 1.93. The van der Waals surface area contributed by atoms with E-state index in [1.165, 1.54) is 0 Å². The summed E-state index contributed by atoms with van der Waals surface area (Å²) in [6, 6.07) is 12.4. The Morgan fingerprint density at radius 3 is 2.50 bits per heavy atom. The van der Waals surface area contributed by atoms with Crippen molar-refractivity contribution in [2.75, 3.05) is 33.5 Å². The van der Waals surface area contributed by atoms with Gasteiger partial charge >= 0.3 is 0 Å². The lowest BCUT2D eigenvalue weighted by molar-refractivity contribution is -0.123. The first-order valence-electron chi connectivity index (χ1n) is 8.60. The van der Waals surface area contributed by atoms with E-state index in [1.807, 2.05) is 13.0 Å². The highest BCUT2D eigenvalue weighted by Gasteiger charge is 2.14. The van der Waals surface area contributed by atoms with Crippen LogP contribution in [0.2, 0.25) is 0 Å². The zero-order valence-electron chi connectivity index (χ0n) is 15.7. The van der Waals surface area contributed by atoms with Crippen molar-refractivity contribution in [3.63, 3.8) is 0 Å². The third-order valence-electron chi connectivity index (χ3n) is 3.54. The summed E-state index contributed by atoms with van der Waals surface area (Å²) in [6.45, 7) is 2.70. The fourth-order valence-corrected chi connectivity index (χ4v) is 2.81. The van der Waals surface area contributed by atoms with E-state index in [9.17, 15) is 4.79 Å². The largest absolute Gasteiger partial charge is 0.497 e. The van der Waals surface area contributed by atoms with Crippen LogP contribution in [0.25, 0.3) is 0 Å². The number of amides is 1. The molecule has 0 fully saturated rings. The van der Waals surface area contributed by atoms with E-state index in [2.05, 4.69) is 21.2 Å². The fraction of sp³-hybridized carbons (Fsp3) is 0.300. The number of hydrogen-bond donors (Lipinski definition) is 1. The topological polar surface area (TPSA) is 89.8 Å². The Hall–Kier alpha value is -2.92. The van der Waals surface area contributed by atoms with Crippen LogP contribution < -0.4 is 24.3 Å². The second kappa shape index (κ2) is 11.0. The van der Waals surface area contributed by atoms with E-state index in [1.54, 1.807) is 43.5 Å². The van der Waals surface area contributed by atoms with Gasteiger partial charge in [-0.3, -0.25) is 4.79 Å². The highest BCUT2D eigenvalue weighted by molar-refractivity contribution is 9.10. The second-order valence-electron chi connectivity index (χ2n) is 5.49. The summed E-state index contributed by atoms with van der Waals surface area (Å²) in [4.78, 5) is 12.0. The normalized spacial score (nSPS) is 9.93. The van der Waals surface area contributed by atoms with E-state index in [4.69, 9.17) is 24.2 Å². The van der Waals surface area contributed by atoms with Gasteiger partial charge in [0.05, 0.1) is 36.4 Å². The summed E-state index contributed by atoms with van der Waals surface area (Å²) in [7, 11) is 1.60. The first kappa shape index (κ1) is 21.4. The van der Waals surface area contributed by atoms with Crippen molar-refractivity contribution in [1.29, 1.82) is 5.26 Å². The Morgan fingerprint density at radius 1 is 1.14 bits per heavy atom. The van der Waals surface area contributed by atoms with Crippen molar-refractivity contribution in [2.45, 2.75) is 6.92 Å². The van der Waals surface area contributed by atoms with Gasteiger partial charge in [0, 0.05) is 6.07 Å². The molecule has 28 heavy (non-hydrogen) atoms. The molecule has 8 heteroatoms. The maximum absolute atomic E-state index is 12.0. The van der Waals surface area contributed by atoms with Crippen LogP contribution in [0, 0.1) is 11.3 Å². The number of carbonyl (C=O) groups excluding carboxylic acids is 1. The molecule has 0 aliphatic carbocycles. The molecule has 2 rings (SSSR count). The van der Waals surface area contributed by atoms with E-state index < -0.39 is 0 Å². The number of halogens is 1. The molecule has 0 saturated carbocycles. The van der Waals surface area contributed by atoms with Gasteiger partial charge in [-0.15, -0.1) is 0 Å². The molecule has 0 spiro atoms. The molecule has 148 valence electrons. The van der Waals surface area contributed by atoms with Crippen LogP contribution >= 0.6 is 15.9 Å². The van der Waals surface area contributed by atoms with E-state index in [-0.39, 0.29) is 12.5 Å². The number of ether oxygens (including phenoxy) is 4. The first-order valence-corrected chi connectivity index (χ1v) is 9.39. The van der Waals surface area contributed by atoms with Crippen LogP contribution in [0.5, 0.6) is 23.0 Å². The predicted octanol–water partition coefficient (Wildman–Crippen LogP) is 3.30. The molecular weight excluding hydrogens is 428 g/mol. The van der Waals surface area contributed by atoms with Crippen LogP contribution in [0.15, 0.2) is 40.9 Å². The molecule has 2 aromatic rings. The molecule has 1 amide bonds. The number of nitriles is 1. The highest BCUT2D eigenvalue weighted by Crippen LogP contribution is 2.36. The number of methoxy groups -OCH3 is 1. The molecule has 0 saturated heterocycles. The van der Waals surface area contributed by atoms with Crippen LogP contribution in [0.3, 0.4) is 0 Å². The Kier molecular flexibility index (Phi) is 8.43. The summed E-state index contributed by atoms with van der Waals surface area (Å²) < 4.78 is 22.2. The second-order valence-corrected chi connectivity index (χ2v) is 6.35. The average molecular weight is 449 g/mol. The van der Waals surface area contributed by atoms with Gasteiger partial charge in [0.15, 0.2) is 18.1 Å². The van der Waals surface area contributed by atoms with E-state index >= 15 is 0 Å². The van der Waals surface area contributed by atoms with Gasteiger partial charge in [-0.2, -0.15) is 5.26 Å². The minimum absolute atomic E-state index is 0.187. The van der Waals surface area contributed by atoms with Gasteiger partial charge in [-0.25, -0.2) is 0 Å². The maximum Gasteiger partial charge on any atom is 0.258 e. The molecule has 0 unspecified atom stereocenters.